The monoisotopic (exact) mass is 406 g/mol. The summed E-state index contributed by atoms with van der Waals surface area (Å²) in [7, 11) is 0. The fraction of sp³-hybridized carbons (Fsp3) is 0.316. The number of rotatable bonds is 7. The summed E-state index contributed by atoms with van der Waals surface area (Å²) in [4.78, 5) is 39.8. The number of nitrogens with zero attached hydrogens (tertiary/aromatic N) is 2. The van der Waals surface area contributed by atoms with E-state index < -0.39 is 11.1 Å². The van der Waals surface area contributed by atoms with E-state index >= 15 is 0 Å². The Kier molecular flexibility index (Phi) is 7.34. The van der Waals surface area contributed by atoms with Crippen LogP contribution in [-0.2, 0) is 9.59 Å². The second kappa shape index (κ2) is 9.49. The molecule has 1 aliphatic heterocycles. The highest BCUT2D eigenvalue weighted by Crippen LogP contribution is 2.34. The lowest BCUT2D eigenvalue weighted by atomic mass is 10.2. The van der Waals surface area contributed by atoms with Crippen molar-refractivity contribution < 1.29 is 19.1 Å². The quantitative estimate of drug-likeness (QED) is 0.513. The largest absolute Gasteiger partial charge is 0.480 e. The first-order valence-corrected chi connectivity index (χ1v) is 9.49. The molecule has 1 aliphatic rings. The van der Waals surface area contributed by atoms with Gasteiger partial charge in [0.05, 0.1) is 4.91 Å². The lowest BCUT2D eigenvalue weighted by molar-refractivity contribution is -0.135. The molecule has 1 aromatic carbocycles. The number of hydrogen-bond donors (Lipinski definition) is 0. The molecular weight excluding hydrogens is 388 g/mol. The van der Waals surface area contributed by atoms with Crippen molar-refractivity contribution in [2.45, 2.75) is 13.8 Å². The van der Waals surface area contributed by atoms with Crippen LogP contribution in [0.4, 0.5) is 4.79 Å². The van der Waals surface area contributed by atoms with Gasteiger partial charge < -0.3 is 9.64 Å². The fourth-order valence-electron chi connectivity index (χ4n) is 2.47. The van der Waals surface area contributed by atoms with Gasteiger partial charge in [0, 0.05) is 23.7 Å². The topological polar surface area (TPSA) is 66.9 Å². The molecule has 2 rings (SSSR count). The van der Waals surface area contributed by atoms with Gasteiger partial charge in [0.1, 0.15) is 18.9 Å². The van der Waals surface area contributed by atoms with Crippen LogP contribution >= 0.6 is 23.4 Å². The molecule has 1 heterocycles. The SMILES string of the molecule is C#CCOc1ccc(Cl)cc1/C=C1\SC(=O)N(CC(=O)N(CC)CC)C1=O. The molecule has 1 saturated heterocycles. The smallest absolute Gasteiger partial charge is 0.294 e. The third kappa shape index (κ3) is 5.06. The Morgan fingerprint density at radius 3 is 2.70 bits per heavy atom. The number of imide groups is 1. The summed E-state index contributed by atoms with van der Waals surface area (Å²) < 4.78 is 5.45. The predicted molar refractivity (Wildman–Crippen MR) is 106 cm³/mol. The van der Waals surface area contributed by atoms with Crippen molar-refractivity contribution in [1.82, 2.24) is 9.80 Å². The number of ether oxygens (including phenoxy) is 1. The molecule has 0 unspecified atom stereocenters. The van der Waals surface area contributed by atoms with Crippen molar-refractivity contribution in [3.63, 3.8) is 0 Å². The van der Waals surface area contributed by atoms with Crippen LogP contribution < -0.4 is 4.74 Å². The van der Waals surface area contributed by atoms with Crippen molar-refractivity contribution in [3.05, 3.63) is 33.7 Å². The van der Waals surface area contributed by atoms with Gasteiger partial charge in [-0.1, -0.05) is 17.5 Å². The normalized spacial score (nSPS) is 15.2. The minimum Gasteiger partial charge on any atom is -0.480 e. The lowest BCUT2D eigenvalue weighted by Crippen LogP contribution is -2.41. The van der Waals surface area contributed by atoms with E-state index in [9.17, 15) is 14.4 Å². The molecule has 8 heteroatoms. The maximum absolute atomic E-state index is 12.6. The summed E-state index contributed by atoms with van der Waals surface area (Å²) in [5.74, 6) is 2.02. The van der Waals surface area contributed by atoms with Crippen LogP contribution in [0.1, 0.15) is 19.4 Å². The van der Waals surface area contributed by atoms with Crippen LogP contribution in [0.3, 0.4) is 0 Å². The van der Waals surface area contributed by atoms with Gasteiger partial charge in [0.15, 0.2) is 0 Å². The first kappa shape index (κ1) is 20.9. The Bertz CT molecular complexity index is 827. The molecule has 142 valence electrons. The molecule has 0 spiro atoms. The Balaban J connectivity index is 2.25. The summed E-state index contributed by atoms with van der Waals surface area (Å²) >= 11 is 6.79. The van der Waals surface area contributed by atoms with Crippen LogP contribution in [0.5, 0.6) is 5.75 Å². The number of likely N-dealkylation sites (N-methyl/N-ethyl adjacent to an activating group) is 1. The van der Waals surface area contributed by atoms with Crippen molar-refractivity contribution in [3.8, 4) is 18.1 Å². The second-order valence-corrected chi connectivity index (χ2v) is 6.94. The minimum absolute atomic E-state index is 0.0579. The fourth-order valence-corrected chi connectivity index (χ4v) is 3.48. The zero-order chi connectivity index (χ0) is 20.0. The zero-order valence-electron chi connectivity index (χ0n) is 15.0. The van der Waals surface area contributed by atoms with Gasteiger partial charge >= 0.3 is 0 Å². The lowest BCUT2D eigenvalue weighted by Gasteiger charge is -2.21. The van der Waals surface area contributed by atoms with Gasteiger partial charge in [0.2, 0.25) is 5.91 Å². The molecule has 0 N–H and O–H groups in total. The maximum atomic E-state index is 12.6. The summed E-state index contributed by atoms with van der Waals surface area (Å²) in [5.41, 5.74) is 0.526. The van der Waals surface area contributed by atoms with Crippen LogP contribution in [0.2, 0.25) is 5.02 Å². The van der Waals surface area contributed by atoms with Crippen molar-refractivity contribution in [1.29, 1.82) is 0 Å². The van der Waals surface area contributed by atoms with Gasteiger partial charge in [-0.15, -0.1) is 6.42 Å². The van der Waals surface area contributed by atoms with Crippen molar-refractivity contribution in [2.75, 3.05) is 26.2 Å². The van der Waals surface area contributed by atoms with E-state index in [1.165, 1.54) is 6.08 Å². The molecule has 3 amide bonds. The first-order chi connectivity index (χ1) is 12.9. The summed E-state index contributed by atoms with van der Waals surface area (Å²) in [5, 5.41) is -0.0369. The number of terminal acetylenes is 1. The van der Waals surface area contributed by atoms with Crippen molar-refractivity contribution in [2.24, 2.45) is 0 Å². The molecule has 0 radical (unpaired) electrons. The summed E-state index contributed by atoms with van der Waals surface area (Å²) in [6.45, 7) is 4.49. The van der Waals surface area contributed by atoms with Gasteiger partial charge in [-0.2, -0.15) is 0 Å². The highest BCUT2D eigenvalue weighted by Gasteiger charge is 2.37. The van der Waals surface area contributed by atoms with Crippen LogP contribution in [0.15, 0.2) is 23.1 Å². The van der Waals surface area contributed by atoms with E-state index in [2.05, 4.69) is 5.92 Å². The van der Waals surface area contributed by atoms with E-state index in [-0.39, 0.29) is 24.0 Å². The number of carbonyl (C=O) groups is 3. The van der Waals surface area contributed by atoms with E-state index in [1.54, 1.807) is 23.1 Å². The first-order valence-electron chi connectivity index (χ1n) is 8.30. The molecule has 1 aromatic rings. The molecule has 0 aromatic heterocycles. The van der Waals surface area contributed by atoms with Gasteiger partial charge in [-0.05, 0) is 49.9 Å². The number of amides is 3. The van der Waals surface area contributed by atoms with Crippen LogP contribution in [0, 0.1) is 12.3 Å². The van der Waals surface area contributed by atoms with Crippen LogP contribution in [0.25, 0.3) is 6.08 Å². The number of hydrogen-bond acceptors (Lipinski definition) is 5. The molecule has 0 aliphatic carbocycles. The average molecular weight is 407 g/mol. The zero-order valence-corrected chi connectivity index (χ0v) is 16.6. The predicted octanol–water partition coefficient (Wildman–Crippen LogP) is 3.26. The molecule has 0 bridgehead atoms. The second-order valence-electron chi connectivity index (χ2n) is 5.51. The van der Waals surface area contributed by atoms with E-state index in [1.807, 2.05) is 13.8 Å². The van der Waals surface area contributed by atoms with Gasteiger partial charge in [-0.3, -0.25) is 19.3 Å². The minimum atomic E-state index is -0.520. The summed E-state index contributed by atoms with van der Waals surface area (Å²) in [6, 6.07) is 4.89. The Hall–Kier alpha value is -2.43. The maximum Gasteiger partial charge on any atom is 0.294 e. The highest BCUT2D eigenvalue weighted by atomic mass is 35.5. The Labute approximate surface area is 167 Å². The average Bonchev–Trinajstić information content (AvgIpc) is 2.89. The third-order valence-corrected chi connectivity index (χ3v) is 5.00. The molecule has 6 nitrogen and oxygen atoms in total. The van der Waals surface area contributed by atoms with E-state index in [4.69, 9.17) is 22.8 Å². The molecule has 0 saturated carbocycles. The molecular formula is C19H19ClN2O4S. The van der Waals surface area contributed by atoms with Crippen molar-refractivity contribution >= 4 is 46.5 Å². The highest BCUT2D eigenvalue weighted by molar-refractivity contribution is 8.18. The van der Waals surface area contributed by atoms with Gasteiger partial charge in [-0.25, -0.2) is 0 Å². The van der Waals surface area contributed by atoms with Crippen LogP contribution in [-0.4, -0.2) is 53.1 Å². The molecule has 1 fully saturated rings. The number of thioether (sulfide) groups is 1. The number of halogens is 1. The standard InChI is InChI=1S/C19H19ClN2O4S/c1-4-9-26-15-8-7-14(20)10-13(15)11-16-18(24)22(19(25)27-16)12-17(23)21(5-2)6-3/h1,7-8,10-11H,5-6,9,12H2,2-3H3/b16-11-. The van der Waals surface area contributed by atoms with E-state index in [0.717, 1.165) is 16.7 Å². The molecule has 0 atom stereocenters. The third-order valence-electron chi connectivity index (χ3n) is 3.85. The Morgan fingerprint density at radius 2 is 2.07 bits per heavy atom. The number of benzene rings is 1. The van der Waals surface area contributed by atoms with E-state index in [0.29, 0.717) is 29.4 Å². The van der Waals surface area contributed by atoms with Gasteiger partial charge in [0.25, 0.3) is 11.1 Å². The number of carbonyl (C=O) groups excluding carboxylic acids is 3. The Morgan fingerprint density at radius 1 is 1.37 bits per heavy atom. The summed E-state index contributed by atoms with van der Waals surface area (Å²) in [6.07, 6.45) is 6.73. The molecule has 27 heavy (non-hydrogen) atoms.